The van der Waals surface area contributed by atoms with Crippen LogP contribution in [0.15, 0.2) is 92.6 Å². The van der Waals surface area contributed by atoms with Crippen molar-refractivity contribution in [3.63, 3.8) is 0 Å². The molecule has 3 nitrogen and oxygen atoms in total. The average Bonchev–Trinajstić information content (AvgIpc) is 3.87. The van der Waals surface area contributed by atoms with Gasteiger partial charge in [0, 0.05) is 38.4 Å². The lowest BCUT2D eigenvalue weighted by atomic mass is 9.70. The molecule has 3 atom stereocenters. The van der Waals surface area contributed by atoms with Gasteiger partial charge in [0.1, 0.15) is 37.1 Å². The Hall–Kier alpha value is -2.67. The highest BCUT2D eigenvalue weighted by atomic mass is 32.2. The standard InChI is InChI=1S/C38H42O3S3/c1-5-8-26-17-29(11-14-35(26)39-20-32-23-42-32)38(4,30-12-15-36(27(18-30)9-6-2)40-21-33-24-43-33)31-13-16-37(28(19-31)10-7-3)41-22-34-25-44-34/h5-7,11-19,32-34H,1-3,8-10,20-25H2,4H3. The van der Waals surface area contributed by atoms with Crippen LogP contribution in [-0.4, -0.2) is 52.8 Å². The van der Waals surface area contributed by atoms with Crippen LogP contribution in [0, 0.1) is 0 Å². The fraction of sp³-hybridized carbons (Fsp3) is 0.368. The minimum atomic E-state index is -0.456. The van der Waals surface area contributed by atoms with Gasteiger partial charge in [0.05, 0.1) is 0 Å². The minimum absolute atomic E-state index is 0.456. The number of hydrogen-bond donors (Lipinski definition) is 0. The van der Waals surface area contributed by atoms with Crippen molar-refractivity contribution < 1.29 is 14.2 Å². The second-order valence-electron chi connectivity index (χ2n) is 11.9. The molecule has 3 aliphatic heterocycles. The van der Waals surface area contributed by atoms with Gasteiger partial charge in [-0.1, -0.05) is 54.6 Å². The number of rotatable bonds is 18. The van der Waals surface area contributed by atoms with Gasteiger partial charge in [-0.25, -0.2) is 0 Å². The molecule has 0 spiro atoms. The molecule has 3 unspecified atom stereocenters. The van der Waals surface area contributed by atoms with E-state index < -0.39 is 5.41 Å². The van der Waals surface area contributed by atoms with Crippen molar-refractivity contribution in [1.82, 2.24) is 0 Å². The van der Waals surface area contributed by atoms with E-state index in [1.54, 1.807) is 0 Å². The summed E-state index contributed by atoms with van der Waals surface area (Å²) in [6.45, 7) is 16.8. The zero-order chi connectivity index (χ0) is 30.5. The van der Waals surface area contributed by atoms with Crippen molar-refractivity contribution in [3.8, 4) is 17.2 Å². The molecule has 0 radical (unpaired) electrons. The van der Waals surface area contributed by atoms with Crippen LogP contribution in [0.4, 0.5) is 0 Å². The predicted molar refractivity (Wildman–Crippen MR) is 192 cm³/mol. The molecular weight excluding hydrogens is 601 g/mol. The molecule has 3 aromatic rings. The molecule has 0 aliphatic carbocycles. The van der Waals surface area contributed by atoms with Crippen molar-refractivity contribution in [2.24, 2.45) is 0 Å². The molecule has 0 amide bonds. The SMILES string of the molecule is C=CCc1cc(C(C)(c2ccc(OCC3CS3)c(CC=C)c2)c2ccc(OCC3CS3)c(CC=C)c2)ccc1OCC1CS1. The van der Waals surface area contributed by atoms with E-state index >= 15 is 0 Å². The predicted octanol–water partition coefficient (Wildman–Crippen LogP) is 8.71. The first kappa shape index (κ1) is 31.3. The van der Waals surface area contributed by atoms with E-state index in [2.05, 4.69) is 81.3 Å². The summed E-state index contributed by atoms with van der Waals surface area (Å²) in [7, 11) is 0. The Bertz CT molecular complexity index is 1330. The fourth-order valence-corrected chi connectivity index (χ4v) is 6.77. The van der Waals surface area contributed by atoms with E-state index in [4.69, 9.17) is 14.2 Å². The molecular formula is C38H42O3S3. The highest BCUT2D eigenvalue weighted by Crippen LogP contribution is 2.44. The summed E-state index contributed by atoms with van der Waals surface area (Å²) in [5.74, 6) is 6.41. The smallest absolute Gasteiger partial charge is 0.122 e. The topological polar surface area (TPSA) is 27.7 Å². The molecule has 0 N–H and O–H groups in total. The molecule has 44 heavy (non-hydrogen) atoms. The van der Waals surface area contributed by atoms with Gasteiger partial charge in [-0.15, -0.1) is 19.7 Å². The summed E-state index contributed by atoms with van der Waals surface area (Å²) >= 11 is 5.87. The Morgan fingerprint density at radius 1 is 0.591 bits per heavy atom. The first-order chi connectivity index (χ1) is 21.5. The highest BCUT2D eigenvalue weighted by Gasteiger charge is 2.34. The Morgan fingerprint density at radius 3 is 1.14 bits per heavy atom. The van der Waals surface area contributed by atoms with Crippen molar-refractivity contribution >= 4 is 35.3 Å². The van der Waals surface area contributed by atoms with E-state index in [1.807, 2.05) is 53.5 Å². The largest absolute Gasteiger partial charge is 0.492 e. The lowest BCUT2D eigenvalue weighted by Gasteiger charge is -2.34. The molecule has 0 bridgehead atoms. The zero-order valence-electron chi connectivity index (χ0n) is 25.6. The van der Waals surface area contributed by atoms with Gasteiger partial charge < -0.3 is 14.2 Å². The van der Waals surface area contributed by atoms with Crippen LogP contribution in [0.2, 0.25) is 0 Å². The summed E-state index contributed by atoms with van der Waals surface area (Å²) < 4.78 is 18.9. The Kier molecular flexibility index (Phi) is 10.1. The third kappa shape index (κ3) is 7.58. The van der Waals surface area contributed by atoms with Gasteiger partial charge in [0.25, 0.3) is 0 Å². The molecule has 3 saturated heterocycles. The van der Waals surface area contributed by atoms with Crippen LogP contribution >= 0.6 is 35.3 Å². The molecule has 6 heteroatoms. The third-order valence-electron chi connectivity index (χ3n) is 8.49. The third-order valence-corrected chi connectivity index (χ3v) is 11.3. The zero-order valence-corrected chi connectivity index (χ0v) is 28.0. The summed E-state index contributed by atoms with van der Waals surface area (Å²) in [6, 6.07) is 20.2. The Labute approximate surface area is 275 Å². The molecule has 0 saturated carbocycles. The molecule has 3 fully saturated rings. The molecule has 3 aromatic carbocycles. The van der Waals surface area contributed by atoms with Crippen LogP contribution in [0.25, 0.3) is 0 Å². The van der Waals surface area contributed by atoms with Crippen LogP contribution < -0.4 is 14.2 Å². The highest BCUT2D eigenvalue weighted by molar-refractivity contribution is 8.07. The minimum Gasteiger partial charge on any atom is -0.492 e. The quantitative estimate of drug-likeness (QED) is 0.0783. The van der Waals surface area contributed by atoms with Crippen LogP contribution in [0.3, 0.4) is 0 Å². The molecule has 6 rings (SSSR count). The van der Waals surface area contributed by atoms with Crippen LogP contribution in [0.1, 0.15) is 40.3 Å². The van der Waals surface area contributed by atoms with Crippen molar-refractivity contribution in [3.05, 3.63) is 126 Å². The van der Waals surface area contributed by atoms with E-state index in [-0.39, 0.29) is 0 Å². The van der Waals surface area contributed by atoms with E-state index in [0.29, 0.717) is 15.7 Å². The number of ether oxygens (including phenoxy) is 3. The van der Waals surface area contributed by atoms with Crippen molar-refractivity contribution in [1.29, 1.82) is 0 Å². The van der Waals surface area contributed by atoms with Gasteiger partial charge in [0.2, 0.25) is 0 Å². The average molecular weight is 643 g/mol. The maximum Gasteiger partial charge on any atom is 0.122 e. The Balaban J connectivity index is 1.44. The van der Waals surface area contributed by atoms with Gasteiger partial charge in [-0.05, 0) is 77.8 Å². The molecule has 3 heterocycles. The maximum atomic E-state index is 6.30. The molecule has 3 aliphatic rings. The Morgan fingerprint density at radius 2 is 0.886 bits per heavy atom. The summed E-state index contributed by atoms with van der Waals surface area (Å²) in [5, 5.41) is 1.84. The van der Waals surface area contributed by atoms with E-state index in [1.165, 1.54) is 33.9 Å². The number of allylic oxidation sites excluding steroid dienone is 3. The first-order valence-corrected chi connectivity index (χ1v) is 18.6. The normalized spacial score (nSPS) is 21.1. The van der Waals surface area contributed by atoms with Gasteiger partial charge in [-0.2, -0.15) is 35.3 Å². The molecule has 0 aromatic heterocycles. The second kappa shape index (κ2) is 14.2. The summed E-state index contributed by atoms with van der Waals surface area (Å²) in [4.78, 5) is 0. The number of hydrogen-bond acceptors (Lipinski definition) is 6. The van der Waals surface area contributed by atoms with Crippen molar-refractivity contribution in [2.45, 2.75) is 47.4 Å². The van der Waals surface area contributed by atoms with Crippen molar-refractivity contribution in [2.75, 3.05) is 37.1 Å². The maximum absolute atomic E-state index is 6.30. The van der Waals surface area contributed by atoms with E-state index in [9.17, 15) is 0 Å². The first-order valence-electron chi connectivity index (χ1n) is 15.5. The fourth-order valence-electron chi connectivity index (χ4n) is 5.58. The van der Waals surface area contributed by atoms with Gasteiger partial charge in [-0.3, -0.25) is 0 Å². The lowest BCUT2D eigenvalue weighted by molar-refractivity contribution is 0.326. The lowest BCUT2D eigenvalue weighted by Crippen LogP contribution is -2.26. The summed E-state index contributed by atoms with van der Waals surface area (Å²) in [5.41, 5.74) is 6.66. The monoisotopic (exact) mass is 642 g/mol. The summed E-state index contributed by atoms with van der Waals surface area (Å²) in [6.07, 6.45) is 8.14. The number of benzene rings is 3. The second-order valence-corrected chi connectivity index (χ2v) is 15.9. The molecule has 230 valence electrons. The van der Waals surface area contributed by atoms with Crippen LogP contribution in [-0.2, 0) is 24.7 Å². The van der Waals surface area contributed by atoms with Gasteiger partial charge in [0.15, 0.2) is 0 Å². The van der Waals surface area contributed by atoms with Gasteiger partial charge >= 0.3 is 0 Å². The van der Waals surface area contributed by atoms with E-state index in [0.717, 1.165) is 73.0 Å². The number of thioether (sulfide) groups is 3. The van der Waals surface area contributed by atoms with Crippen LogP contribution in [0.5, 0.6) is 17.2 Å².